The molecule has 35 heavy (non-hydrogen) atoms. The molecule has 11 heteroatoms. The Morgan fingerprint density at radius 3 is 2.43 bits per heavy atom. The molecule has 4 rings (SSSR count). The number of aromatic nitrogens is 2. The minimum absolute atomic E-state index is 0.00102. The largest absolute Gasteiger partial charge is 0.504 e. The maximum absolute atomic E-state index is 14.0. The lowest BCUT2D eigenvalue weighted by Gasteiger charge is -2.35. The van der Waals surface area contributed by atoms with E-state index >= 15 is 0 Å². The molecule has 0 bridgehead atoms. The number of carbonyl (C=O) groups excluding carboxylic acids is 1. The quantitative estimate of drug-likeness (QED) is 0.344. The highest BCUT2D eigenvalue weighted by Crippen LogP contribution is 2.48. The number of hydrogen-bond donors (Lipinski definition) is 3. The van der Waals surface area contributed by atoms with Crippen LogP contribution < -0.4 is 21.5 Å². The normalized spacial score (nSPS) is 15.7. The van der Waals surface area contributed by atoms with E-state index in [2.05, 4.69) is 20.6 Å². The Kier molecular flexibility index (Phi) is 6.27. The van der Waals surface area contributed by atoms with E-state index in [-0.39, 0.29) is 28.5 Å². The van der Waals surface area contributed by atoms with E-state index in [4.69, 9.17) is 0 Å². The molecule has 3 N–H and O–H groups in total. The summed E-state index contributed by atoms with van der Waals surface area (Å²) >= 11 is 0. The molecule has 0 saturated heterocycles. The lowest BCUT2D eigenvalue weighted by Crippen LogP contribution is -2.40. The van der Waals surface area contributed by atoms with Crippen molar-refractivity contribution in [3.05, 3.63) is 68.0 Å². The molecular weight excluding hydrogens is 460 g/mol. The first kappa shape index (κ1) is 24.2. The van der Waals surface area contributed by atoms with Gasteiger partial charge in [-0.1, -0.05) is 19.8 Å². The standard InChI is InChI=1S/C24H25F2N5O4/c1-24(7-4-5-8-24)22(14-10-12(25)11-15(26)28-14)30-17-16(20(33)21(17)34)29-13-6-9-27-18(19(13)32)23(35)31(2)3/h6,9-11,22,30,32H,4-5,7-8H2,1-3H3,(H,27,29)/t22-/m0/s1. The molecule has 2 aromatic heterocycles. The van der Waals surface area contributed by atoms with Crippen LogP contribution in [0.2, 0.25) is 0 Å². The lowest BCUT2D eigenvalue weighted by molar-refractivity contribution is 0.0819. The highest BCUT2D eigenvalue weighted by molar-refractivity contribution is 5.97. The second-order valence-corrected chi connectivity index (χ2v) is 9.26. The fourth-order valence-electron chi connectivity index (χ4n) is 4.56. The van der Waals surface area contributed by atoms with Crippen molar-refractivity contribution in [3.8, 4) is 5.75 Å². The molecule has 0 aliphatic heterocycles. The van der Waals surface area contributed by atoms with E-state index in [1.165, 1.54) is 31.3 Å². The molecule has 0 unspecified atom stereocenters. The van der Waals surface area contributed by atoms with Gasteiger partial charge in [-0.25, -0.2) is 14.4 Å². The number of amides is 1. The van der Waals surface area contributed by atoms with Crippen LogP contribution in [0.3, 0.4) is 0 Å². The zero-order chi connectivity index (χ0) is 25.5. The topological polar surface area (TPSA) is 125 Å². The number of pyridine rings is 2. The van der Waals surface area contributed by atoms with Crippen LogP contribution in [0.15, 0.2) is 34.0 Å². The van der Waals surface area contributed by atoms with Gasteiger partial charge in [-0.05, 0) is 30.4 Å². The molecular formula is C24H25F2N5O4. The summed E-state index contributed by atoms with van der Waals surface area (Å²) in [4.78, 5) is 46.2. The maximum Gasteiger partial charge on any atom is 0.275 e. The number of nitrogens with one attached hydrogen (secondary N) is 2. The van der Waals surface area contributed by atoms with E-state index in [9.17, 15) is 28.3 Å². The molecule has 1 saturated carbocycles. The van der Waals surface area contributed by atoms with Gasteiger partial charge in [0.15, 0.2) is 11.4 Å². The van der Waals surface area contributed by atoms with Gasteiger partial charge in [0.1, 0.15) is 17.2 Å². The van der Waals surface area contributed by atoms with Gasteiger partial charge in [-0.15, -0.1) is 0 Å². The summed E-state index contributed by atoms with van der Waals surface area (Å²) in [5, 5.41) is 16.3. The van der Waals surface area contributed by atoms with Crippen molar-refractivity contribution in [3.63, 3.8) is 0 Å². The summed E-state index contributed by atoms with van der Waals surface area (Å²) < 4.78 is 28.0. The van der Waals surface area contributed by atoms with E-state index < -0.39 is 45.7 Å². The van der Waals surface area contributed by atoms with Crippen LogP contribution in [-0.4, -0.2) is 40.0 Å². The number of aromatic hydroxyl groups is 1. The molecule has 1 amide bonds. The molecule has 1 aliphatic carbocycles. The fraction of sp³-hybridized carbons (Fsp3) is 0.375. The monoisotopic (exact) mass is 485 g/mol. The first-order valence-corrected chi connectivity index (χ1v) is 11.1. The predicted molar refractivity (Wildman–Crippen MR) is 126 cm³/mol. The third-order valence-corrected chi connectivity index (χ3v) is 6.51. The number of nitrogens with zero attached hydrogens (tertiary/aromatic N) is 3. The Hall–Kier alpha value is -3.89. The van der Waals surface area contributed by atoms with Gasteiger partial charge in [0.2, 0.25) is 5.95 Å². The molecule has 1 aromatic carbocycles. The van der Waals surface area contributed by atoms with Crippen molar-refractivity contribution in [1.29, 1.82) is 0 Å². The number of carbonyl (C=O) groups is 1. The molecule has 1 aliphatic rings. The Bertz CT molecular complexity index is 1340. The first-order chi connectivity index (χ1) is 16.5. The van der Waals surface area contributed by atoms with Crippen LogP contribution >= 0.6 is 0 Å². The molecule has 0 radical (unpaired) electrons. The minimum atomic E-state index is -0.989. The van der Waals surface area contributed by atoms with Gasteiger partial charge in [0, 0.05) is 26.4 Å². The van der Waals surface area contributed by atoms with Gasteiger partial charge < -0.3 is 20.6 Å². The van der Waals surface area contributed by atoms with Gasteiger partial charge in [-0.2, -0.15) is 4.39 Å². The maximum atomic E-state index is 14.0. The Morgan fingerprint density at radius 2 is 1.80 bits per heavy atom. The Morgan fingerprint density at radius 1 is 1.14 bits per heavy atom. The van der Waals surface area contributed by atoms with Crippen molar-refractivity contribution in [1.82, 2.24) is 14.9 Å². The van der Waals surface area contributed by atoms with Crippen LogP contribution in [-0.2, 0) is 0 Å². The van der Waals surface area contributed by atoms with Crippen LogP contribution in [0.1, 0.15) is 54.8 Å². The van der Waals surface area contributed by atoms with Crippen LogP contribution in [0, 0.1) is 17.2 Å². The van der Waals surface area contributed by atoms with Crippen molar-refractivity contribution >= 4 is 23.0 Å². The third kappa shape index (κ3) is 4.45. The second kappa shape index (κ2) is 9.05. The minimum Gasteiger partial charge on any atom is -0.504 e. The first-order valence-electron chi connectivity index (χ1n) is 11.1. The van der Waals surface area contributed by atoms with E-state index in [0.29, 0.717) is 6.07 Å². The highest BCUT2D eigenvalue weighted by Gasteiger charge is 2.41. The van der Waals surface area contributed by atoms with E-state index in [1.807, 2.05) is 6.92 Å². The van der Waals surface area contributed by atoms with Gasteiger partial charge >= 0.3 is 0 Å². The SMILES string of the molecule is CN(C)C(=O)c1nccc(Nc2c(N[C@@H](c3cc(F)cc(F)n3)C3(C)CCCC3)c(=O)c2=O)c1O. The molecule has 1 fully saturated rings. The summed E-state index contributed by atoms with van der Waals surface area (Å²) in [6.07, 6.45) is 4.53. The third-order valence-electron chi connectivity index (χ3n) is 6.51. The lowest BCUT2D eigenvalue weighted by atomic mass is 9.78. The Labute approximate surface area is 199 Å². The van der Waals surface area contributed by atoms with Crippen molar-refractivity contribution < 1.29 is 18.7 Å². The molecule has 0 spiro atoms. The van der Waals surface area contributed by atoms with E-state index in [0.717, 1.165) is 31.7 Å². The summed E-state index contributed by atoms with van der Waals surface area (Å²) in [6, 6.07) is 2.37. The van der Waals surface area contributed by atoms with Crippen LogP contribution in [0.4, 0.5) is 25.8 Å². The summed E-state index contributed by atoms with van der Waals surface area (Å²) in [7, 11) is 2.99. The second-order valence-electron chi connectivity index (χ2n) is 9.26. The van der Waals surface area contributed by atoms with Crippen LogP contribution in [0.5, 0.6) is 5.75 Å². The molecule has 2 heterocycles. The average molecular weight is 485 g/mol. The predicted octanol–water partition coefficient (Wildman–Crippen LogP) is 3.24. The molecule has 184 valence electrons. The number of anilines is 3. The Balaban J connectivity index is 1.71. The average Bonchev–Trinajstić information content (AvgIpc) is 3.25. The van der Waals surface area contributed by atoms with Crippen molar-refractivity contribution in [2.24, 2.45) is 5.41 Å². The van der Waals surface area contributed by atoms with Gasteiger partial charge in [0.25, 0.3) is 16.8 Å². The summed E-state index contributed by atoms with van der Waals surface area (Å²) in [5.41, 5.74) is -2.50. The summed E-state index contributed by atoms with van der Waals surface area (Å²) in [5.74, 6) is -2.83. The van der Waals surface area contributed by atoms with Crippen LogP contribution in [0.25, 0.3) is 0 Å². The molecule has 3 aromatic rings. The zero-order valence-electron chi connectivity index (χ0n) is 19.5. The molecule has 9 nitrogen and oxygen atoms in total. The van der Waals surface area contributed by atoms with Crippen molar-refractivity contribution in [2.75, 3.05) is 24.7 Å². The van der Waals surface area contributed by atoms with E-state index in [1.54, 1.807) is 0 Å². The van der Waals surface area contributed by atoms with Crippen molar-refractivity contribution in [2.45, 2.75) is 38.6 Å². The number of hydrogen-bond acceptors (Lipinski definition) is 8. The smallest absolute Gasteiger partial charge is 0.275 e. The highest BCUT2D eigenvalue weighted by atomic mass is 19.1. The van der Waals surface area contributed by atoms with Gasteiger partial charge in [0.05, 0.1) is 17.4 Å². The zero-order valence-corrected chi connectivity index (χ0v) is 19.5. The fourth-order valence-corrected chi connectivity index (χ4v) is 4.56. The van der Waals surface area contributed by atoms with Gasteiger partial charge in [-0.3, -0.25) is 14.4 Å². The number of halogens is 2. The summed E-state index contributed by atoms with van der Waals surface area (Å²) in [6.45, 7) is 1.94. The number of rotatable bonds is 7. The molecule has 1 atom stereocenters.